The molecule has 0 fully saturated rings. The Kier molecular flexibility index (Phi) is 4.66. The lowest BCUT2D eigenvalue weighted by Gasteiger charge is -2.09. The van der Waals surface area contributed by atoms with E-state index in [1.54, 1.807) is 25.3 Å². The molecule has 2 aromatic carbocycles. The Morgan fingerprint density at radius 1 is 1.16 bits per heavy atom. The Morgan fingerprint density at radius 3 is 2.68 bits per heavy atom. The summed E-state index contributed by atoms with van der Waals surface area (Å²) < 4.78 is 5.11. The SMILES string of the molecule is COCc1cccc(CNc2ccc(O)c(Cl)c2)c1. The second-order valence-electron chi connectivity index (χ2n) is 4.27. The van der Waals surface area contributed by atoms with E-state index in [4.69, 9.17) is 16.3 Å². The maximum absolute atomic E-state index is 9.35. The van der Waals surface area contributed by atoms with Gasteiger partial charge in [0, 0.05) is 19.3 Å². The minimum atomic E-state index is 0.0920. The molecule has 2 N–H and O–H groups in total. The van der Waals surface area contributed by atoms with E-state index in [0.29, 0.717) is 18.2 Å². The first-order valence-electron chi connectivity index (χ1n) is 5.98. The third kappa shape index (κ3) is 3.88. The van der Waals surface area contributed by atoms with E-state index in [2.05, 4.69) is 11.4 Å². The lowest BCUT2D eigenvalue weighted by atomic mass is 10.1. The monoisotopic (exact) mass is 277 g/mol. The second-order valence-corrected chi connectivity index (χ2v) is 4.68. The number of ether oxygens (including phenoxy) is 1. The number of hydrogen-bond donors (Lipinski definition) is 2. The predicted molar refractivity (Wildman–Crippen MR) is 77.6 cm³/mol. The molecule has 0 unspecified atom stereocenters. The first-order valence-corrected chi connectivity index (χ1v) is 6.36. The molecule has 2 aromatic rings. The zero-order valence-electron chi connectivity index (χ0n) is 10.7. The average Bonchev–Trinajstić information content (AvgIpc) is 2.41. The van der Waals surface area contributed by atoms with Crippen LogP contribution in [-0.4, -0.2) is 12.2 Å². The van der Waals surface area contributed by atoms with Gasteiger partial charge in [-0.1, -0.05) is 35.9 Å². The van der Waals surface area contributed by atoms with E-state index >= 15 is 0 Å². The summed E-state index contributed by atoms with van der Waals surface area (Å²) in [4.78, 5) is 0. The fraction of sp³-hybridized carbons (Fsp3) is 0.200. The molecule has 0 amide bonds. The van der Waals surface area contributed by atoms with Gasteiger partial charge in [-0.05, 0) is 29.3 Å². The molecule has 0 aliphatic rings. The molecule has 0 aromatic heterocycles. The summed E-state index contributed by atoms with van der Waals surface area (Å²) in [6.45, 7) is 1.30. The third-order valence-corrected chi connectivity index (χ3v) is 3.05. The van der Waals surface area contributed by atoms with Crippen molar-refractivity contribution in [2.24, 2.45) is 0 Å². The molecule has 0 aliphatic heterocycles. The number of hydrogen-bond acceptors (Lipinski definition) is 3. The van der Waals surface area contributed by atoms with E-state index in [1.807, 2.05) is 18.2 Å². The van der Waals surface area contributed by atoms with Crippen LogP contribution in [0.5, 0.6) is 5.75 Å². The molecule has 0 saturated carbocycles. The van der Waals surface area contributed by atoms with Crippen molar-refractivity contribution in [3.63, 3.8) is 0 Å². The first-order chi connectivity index (χ1) is 9.19. The average molecular weight is 278 g/mol. The summed E-state index contributed by atoms with van der Waals surface area (Å²) in [5.41, 5.74) is 3.18. The molecule has 100 valence electrons. The maximum Gasteiger partial charge on any atom is 0.134 e. The molecule has 19 heavy (non-hydrogen) atoms. The highest BCUT2D eigenvalue weighted by atomic mass is 35.5. The van der Waals surface area contributed by atoms with Crippen LogP contribution in [0.3, 0.4) is 0 Å². The molecule has 0 spiro atoms. The predicted octanol–water partition coefficient (Wildman–Crippen LogP) is 3.80. The molecule has 0 bridgehead atoms. The van der Waals surface area contributed by atoms with Crippen LogP contribution in [0.15, 0.2) is 42.5 Å². The van der Waals surface area contributed by atoms with Crippen LogP contribution in [0.25, 0.3) is 0 Å². The number of anilines is 1. The van der Waals surface area contributed by atoms with Gasteiger partial charge in [0.1, 0.15) is 5.75 Å². The van der Waals surface area contributed by atoms with Gasteiger partial charge < -0.3 is 15.2 Å². The van der Waals surface area contributed by atoms with Crippen molar-refractivity contribution in [1.29, 1.82) is 0 Å². The Labute approximate surface area is 117 Å². The first kappa shape index (κ1) is 13.7. The number of phenols is 1. The zero-order valence-corrected chi connectivity index (χ0v) is 11.4. The van der Waals surface area contributed by atoms with Crippen molar-refractivity contribution < 1.29 is 9.84 Å². The highest BCUT2D eigenvalue weighted by Gasteiger charge is 2.00. The van der Waals surface area contributed by atoms with Crippen LogP contribution < -0.4 is 5.32 Å². The normalized spacial score (nSPS) is 10.4. The van der Waals surface area contributed by atoms with Gasteiger partial charge >= 0.3 is 0 Å². The van der Waals surface area contributed by atoms with E-state index in [1.165, 1.54) is 5.56 Å². The number of halogens is 1. The van der Waals surface area contributed by atoms with Gasteiger partial charge in [0.15, 0.2) is 0 Å². The lowest BCUT2D eigenvalue weighted by molar-refractivity contribution is 0.185. The van der Waals surface area contributed by atoms with Crippen molar-refractivity contribution in [2.75, 3.05) is 12.4 Å². The number of rotatable bonds is 5. The molecule has 0 radical (unpaired) electrons. The smallest absolute Gasteiger partial charge is 0.134 e. The van der Waals surface area contributed by atoms with E-state index in [-0.39, 0.29) is 5.75 Å². The van der Waals surface area contributed by atoms with E-state index in [0.717, 1.165) is 11.3 Å². The summed E-state index contributed by atoms with van der Waals surface area (Å²) in [5.74, 6) is 0.0920. The van der Waals surface area contributed by atoms with Crippen LogP contribution in [0.1, 0.15) is 11.1 Å². The van der Waals surface area contributed by atoms with Gasteiger partial charge in [-0.3, -0.25) is 0 Å². The van der Waals surface area contributed by atoms with Gasteiger partial charge in [-0.2, -0.15) is 0 Å². The standard InChI is InChI=1S/C15H16ClNO2/c1-19-10-12-4-2-3-11(7-12)9-17-13-5-6-15(18)14(16)8-13/h2-8,17-18H,9-10H2,1H3. The van der Waals surface area contributed by atoms with E-state index < -0.39 is 0 Å². The summed E-state index contributed by atoms with van der Waals surface area (Å²) >= 11 is 5.86. The summed E-state index contributed by atoms with van der Waals surface area (Å²) in [6.07, 6.45) is 0. The molecule has 0 heterocycles. The second kappa shape index (κ2) is 6.45. The molecular weight excluding hydrogens is 262 g/mol. The number of methoxy groups -OCH3 is 1. The Bertz CT molecular complexity index is 558. The number of aromatic hydroxyl groups is 1. The fourth-order valence-corrected chi connectivity index (χ4v) is 2.00. The molecule has 0 saturated heterocycles. The minimum absolute atomic E-state index is 0.0920. The maximum atomic E-state index is 9.35. The third-order valence-electron chi connectivity index (χ3n) is 2.75. The number of nitrogens with one attached hydrogen (secondary N) is 1. The largest absolute Gasteiger partial charge is 0.506 e. The van der Waals surface area contributed by atoms with Crippen molar-refractivity contribution in [3.05, 3.63) is 58.6 Å². The van der Waals surface area contributed by atoms with Crippen molar-refractivity contribution in [3.8, 4) is 5.75 Å². The highest BCUT2D eigenvalue weighted by Crippen LogP contribution is 2.26. The Balaban J connectivity index is 2.01. The van der Waals surface area contributed by atoms with Crippen LogP contribution in [-0.2, 0) is 17.9 Å². The van der Waals surface area contributed by atoms with Crippen molar-refractivity contribution in [2.45, 2.75) is 13.2 Å². The van der Waals surface area contributed by atoms with Gasteiger partial charge in [-0.25, -0.2) is 0 Å². The fourth-order valence-electron chi connectivity index (χ4n) is 1.82. The van der Waals surface area contributed by atoms with E-state index in [9.17, 15) is 5.11 Å². The van der Waals surface area contributed by atoms with Crippen molar-refractivity contribution in [1.82, 2.24) is 0 Å². The molecule has 3 nitrogen and oxygen atoms in total. The van der Waals surface area contributed by atoms with Gasteiger partial charge in [0.25, 0.3) is 0 Å². The molecular formula is C15H16ClNO2. The van der Waals surface area contributed by atoms with Crippen LogP contribution >= 0.6 is 11.6 Å². The van der Waals surface area contributed by atoms with Crippen LogP contribution in [0.2, 0.25) is 5.02 Å². The van der Waals surface area contributed by atoms with Crippen molar-refractivity contribution >= 4 is 17.3 Å². The van der Waals surface area contributed by atoms with Gasteiger partial charge in [0.2, 0.25) is 0 Å². The quantitative estimate of drug-likeness (QED) is 0.817. The molecule has 2 rings (SSSR count). The molecule has 4 heteroatoms. The molecule has 0 atom stereocenters. The van der Waals surface area contributed by atoms with Gasteiger partial charge in [-0.15, -0.1) is 0 Å². The van der Waals surface area contributed by atoms with Crippen LogP contribution in [0.4, 0.5) is 5.69 Å². The number of phenolic OH excluding ortho intramolecular Hbond substituents is 1. The summed E-state index contributed by atoms with van der Waals surface area (Å²) in [6, 6.07) is 13.3. The minimum Gasteiger partial charge on any atom is -0.506 e. The topological polar surface area (TPSA) is 41.5 Å². The Hall–Kier alpha value is -1.71. The molecule has 0 aliphatic carbocycles. The van der Waals surface area contributed by atoms with Gasteiger partial charge in [0.05, 0.1) is 11.6 Å². The lowest BCUT2D eigenvalue weighted by Crippen LogP contribution is -2.00. The number of benzene rings is 2. The van der Waals surface area contributed by atoms with Crippen LogP contribution in [0, 0.1) is 0 Å². The summed E-state index contributed by atoms with van der Waals surface area (Å²) in [7, 11) is 1.68. The Morgan fingerprint density at radius 2 is 1.95 bits per heavy atom. The highest BCUT2D eigenvalue weighted by molar-refractivity contribution is 6.32. The summed E-state index contributed by atoms with van der Waals surface area (Å²) in [5, 5.41) is 13.0. The zero-order chi connectivity index (χ0) is 13.7.